The molecule has 1 aliphatic rings. The van der Waals surface area contributed by atoms with Gasteiger partial charge in [0, 0.05) is 39.5 Å². The second-order valence-corrected chi connectivity index (χ2v) is 7.84. The van der Waals surface area contributed by atoms with Crippen molar-refractivity contribution in [2.75, 3.05) is 25.5 Å². The smallest absolute Gasteiger partial charge is 0.319 e. The predicted octanol–water partition coefficient (Wildman–Crippen LogP) is 1.23. The van der Waals surface area contributed by atoms with E-state index in [2.05, 4.69) is 10.6 Å². The van der Waals surface area contributed by atoms with E-state index >= 15 is 0 Å². The highest BCUT2D eigenvalue weighted by atomic mass is 16.6. The molecule has 12 nitrogen and oxygen atoms in total. The number of rotatable bonds is 9. The number of carbonyl (C=O) groups is 5. The van der Waals surface area contributed by atoms with Crippen molar-refractivity contribution in [3.63, 3.8) is 0 Å². The fourth-order valence-electron chi connectivity index (χ4n) is 3.78. The van der Waals surface area contributed by atoms with Crippen LogP contribution in [0.25, 0.3) is 0 Å². The summed E-state index contributed by atoms with van der Waals surface area (Å²) < 4.78 is 21.0. The van der Waals surface area contributed by atoms with Gasteiger partial charge in [-0.15, -0.1) is 0 Å². The maximum atomic E-state index is 13.3. The highest BCUT2D eigenvalue weighted by Gasteiger charge is 2.53. The highest BCUT2D eigenvalue weighted by molar-refractivity contribution is 5.90. The molecule has 4 atom stereocenters. The molecule has 35 heavy (non-hydrogen) atoms. The van der Waals surface area contributed by atoms with E-state index in [0.717, 1.165) is 20.8 Å². The maximum absolute atomic E-state index is 13.3. The first kappa shape index (κ1) is 27.4. The third kappa shape index (κ3) is 7.59. The summed E-state index contributed by atoms with van der Waals surface area (Å²) in [6, 6.07) is 5.17. The number of carbonyl (C=O) groups excluding carboxylic acids is 5. The number of amides is 3. The van der Waals surface area contributed by atoms with Crippen molar-refractivity contribution in [2.24, 2.45) is 0 Å². The molecule has 2 rings (SSSR count). The Hall–Kier alpha value is -3.83. The predicted molar refractivity (Wildman–Crippen MR) is 122 cm³/mol. The number of methoxy groups -OCH3 is 1. The van der Waals surface area contributed by atoms with Gasteiger partial charge < -0.3 is 34.5 Å². The van der Waals surface area contributed by atoms with Gasteiger partial charge in [-0.25, -0.2) is 4.79 Å². The van der Waals surface area contributed by atoms with E-state index in [1.54, 1.807) is 24.3 Å². The van der Waals surface area contributed by atoms with Crippen molar-refractivity contribution >= 4 is 35.5 Å². The van der Waals surface area contributed by atoms with E-state index < -0.39 is 54.2 Å². The first-order chi connectivity index (χ1) is 16.6. The molecule has 1 heterocycles. The summed E-state index contributed by atoms with van der Waals surface area (Å²) in [5.74, 6) is -2.24. The summed E-state index contributed by atoms with van der Waals surface area (Å²) in [5.41, 5.74) is 0.498. The van der Waals surface area contributed by atoms with Crippen LogP contribution in [0.1, 0.15) is 34.1 Å². The molecule has 192 valence electrons. The Balaban J connectivity index is 2.30. The summed E-state index contributed by atoms with van der Waals surface area (Å²) in [7, 11) is 1.53. The van der Waals surface area contributed by atoms with E-state index in [-0.39, 0.29) is 13.1 Å². The van der Waals surface area contributed by atoms with Crippen LogP contribution in [-0.4, -0.2) is 79.3 Å². The Kier molecular flexibility index (Phi) is 9.86. The molecular weight excluding hydrogens is 462 g/mol. The fraction of sp³-hybridized carbons (Fsp3) is 0.522. The van der Waals surface area contributed by atoms with Crippen LogP contribution in [0.15, 0.2) is 24.3 Å². The van der Waals surface area contributed by atoms with Crippen molar-refractivity contribution in [3.05, 3.63) is 24.3 Å². The Morgan fingerprint density at radius 2 is 1.49 bits per heavy atom. The number of urea groups is 1. The standard InChI is InChI=1S/C23H31N3O9/c1-6-11-26-18(12-24-23(31)25-16-7-9-17(32-5)10-8-16)19(33-13(2)27)20(34-14(3)28)21(22(26)30)35-15(4)29/h7-10,18-21H,6,11-12H2,1-5H3,(H2,24,25,31)/t18-,19-,20-,21-/m1/s1. The van der Waals surface area contributed by atoms with Gasteiger partial charge in [0.2, 0.25) is 6.10 Å². The van der Waals surface area contributed by atoms with Gasteiger partial charge in [-0.1, -0.05) is 6.92 Å². The van der Waals surface area contributed by atoms with E-state index in [0.29, 0.717) is 17.9 Å². The molecule has 1 aliphatic heterocycles. The summed E-state index contributed by atoms with van der Waals surface area (Å²) >= 11 is 0. The lowest BCUT2D eigenvalue weighted by Crippen LogP contribution is -2.69. The monoisotopic (exact) mass is 493 g/mol. The van der Waals surface area contributed by atoms with Gasteiger partial charge in [0.15, 0.2) is 12.2 Å². The number of ether oxygens (including phenoxy) is 4. The SMILES string of the molecule is CCCN1C(=O)[C@H](OC(C)=O)[C@H](OC(C)=O)[C@H](OC(C)=O)[C@H]1CNC(=O)Nc1ccc(OC)cc1. The molecule has 0 saturated carbocycles. The van der Waals surface area contributed by atoms with Crippen LogP contribution in [0.2, 0.25) is 0 Å². The van der Waals surface area contributed by atoms with Gasteiger partial charge in [0.25, 0.3) is 5.91 Å². The van der Waals surface area contributed by atoms with Crippen molar-refractivity contribution < 1.29 is 42.9 Å². The van der Waals surface area contributed by atoms with Crippen LogP contribution < -0.4 is 15.4 Å². The minimum absolute atomic E-state index is 0.143. The Morgan fingerprint density at radius 3 is 2.00 bits per heavy atom. The molecule has 0 unspecified atom stereocenters. The van der Waals surface area contributed by atoms with Crippen LogP contribution in [0, 0.1) is 0 Å². The minimum atomic E-state index is -1.50. The number of likely N-dealkylation sites (tertiary alicyclic amines) is 1. The molecule has 3 amide bonds. The average Bonchev–Trinajstić information content (AvgIpc) is 2.78. The Bertz CT molecular complexity index is 935. The Morgan fingerprint density at radius 1 is 0.914 bits per heavy atom. The minimum Gasteiger partial charge on any atom is -0.497 e. The zero-order valence-electron chi connectivity index (χ0n) is 20.4. The maximum Gasteiger partial charge on any atom is 0.319 e. The molecule has 0 bridgehead atoms. The lowest BCUT2D eigenvalue weighted by molar-refractivity contribution is -0.207. The molecular formula is C23H31N3O9. The summed E-state index contributed by atoms with van der Waals surface area (Å²) in [6.07, 6.45) is -3.57. The van der Waals surface area contributed by atoms with Crippen molar-refractivity contribution in [1.82, 2.24) is 10.2 Å². The molecule has 1 saturated heterocycles. The first-order valence-electron chi connectivity index (χ1n) is 11.1. The summed E-state index contributed by atoms with van der Waals surface area (Å²) in [4.78, 5) is 62.5. The molecule has 1 fully saturated rings. The van der Waals surface area contributed by atoms with Crippen LogP contribution >= 0.6 is 0 Å². The lowest BCUT2D eigenvalue weighted by atomic mass is 9.91. The van der Waals surface area contributed by atoms with Gasteiger partial charge in [0.05, 0.1) is 13.2 Å². The quantitative estimate of drug-likeness (QED) is 0.382. The van der Waals surface area contributed by atoms with Crippen LogP contribution in [0.5, 0.6) is 5.75 Å². The number of benzene rings is 1. The second-order valence-electron chi connectivity index (χ2n) is 7.84. The van der Waals surface area contributed by atoms with Crippen LogP contribution in [-0.2, 0) is 33.4 Å². The number of piperidine rings is 1. The normalized spacial score (nSPS) is 21.5. The number of hydrogen-bond donors (Lipinski definition) is 2. The molecule has 0 aromatic heterocycles. The largest absolute Gasteiger partial charge is 0.497 e. The van der Waals surface area contributed by atoms with Crippen molar-refractivity contribution in [2.45, 2.75) is 58.5 Å². The molecule has 0 aliphatic carbocycles. The average molecular weight is 494 g/mol. The third-order valence-corrected chi connectivity index (χ3v) is 5.11. The van der Waals surface area contributed by atoms with Crippen LogP contribution in [0.3, 0.4) is 0 Å². The molecule has 1 aromatic carbocycles. The number of nitrogens with zero attached hydrogens (tertiary/aromatic N) is 1. The second kappa shape index (κ2) is 12.6. The van der Waals surface area contributed by atoms with Crippen LogP contribution in [0.4, 0.5) is 10.5 Å². The lowest BCUT2D eigenvalue weighted by Gasteiger charge is -2.46. The summed E-state index contributed by atoms with van der Waals surface area (Å²) in [5, 5.41) is 5.31. The van der Waals surface area contributed by atoms with Crippen molar-refractivity contribution in [3.8, 4) is 5.75 Å². The molecule has 0 spiro atoms. The van der Waals surface area contributed by atoms with Gasteiger partial charge in [0.1, 0.15) is 5.75 Å². The number of anilines is 1. The third-order valence-electron chi connectivity index (χ3n) is 5.11. The van der Waals surface area contributed by atoms with E-state index in [1.165, 1.54) is 12.0 Å². The van der Waals surface area contributed by atoms with Crippen molar-refractivity contribution in [1.29, 1.82) is 0 Å². The van der Waals surface area contributed by atoms with Gasteiger partial charge in [-0.05, 0) is 30.7 Å². The molecule has 12 heteroatoms. The highest BCUT2D eigenvalue weighted by Crippen LogP contribution is 2.28. The fourth-order valence-corrected chi connectivity index (χ4v) is 3.78. The van der Waals surface area contributed by atoms with E-state index in [4.69, 9.17) is 18.9 Å². The zero-order valence-corrected chi connectivity index (χ0v) is 20.4. The summed E-state index contributed by atoms with van der Waals surface area (Å²) in [6.45, 7) is 5.29. The van der Waals surface area contributed by atoms with Gasteiger partial charge in [-0.3, -0.25) is 19.2 Å². The van der Waals surface area contributed by atoms with E-state index in [1.807, 2.05) is 6.92 Å². The van der Waals surface area contributed by atoms with Gasteiger partial charge in [-0.2, -0.15) is 0 Å². The molecule has 2 N–H and O–H groups in total. The molecule has 0 radical (unpaired) electrons. The zero-order chi connectivity index (χ0) is 26.1. The first-order valence-corrected chi connectivity index (χ1v) is 11.1. The molecule has 1 aromatic rings. The number of esters is 3. The topological polar surface area (TPSA) is 150 Å². The number of nitrogens with one attached hydrogen (secondary N) is 2. The van der Waals surface area contributed by atoms with E-state index in [9.17, 15) is 24.0 Å². The Labute approximate surface area is 203 Å². The number of hydrogen-bond acceptors (Lipinski definition) is 9. The van der Waals surface area contributed by atoms with Gasteiger partial charge >= 0.3 is 23.9 Å².